The van der Waals surface area contributed by atoms with E-state index in [1.807, 2.05) is 44.3 Å². The number of halogens is 2. The quantitative estimate of drug-likeness (QED) is 0.749. The Labute approximate surface area is 127 Å². The molecule has 0 spiro atoms. The summed E-state index contributed by atoms with van der Waals surface area (Å²) in [6, 6.07) is 12.4. The molecule has 0 saturated heterocycles. The first kappa shape index (κ1) is 14.1. The lowest BCUT2D eigenvalue weighted by Crippen LogP contribution is -2.17. The molecule has 0 aliphatic carbocycles. The molecule has 0 saturated carbocycles. The lowest BCUT2D eigenvalue weighted by Gasteiger charge is -2.15. The molecule has 4 heteroatoms. The van der Waals surface area contributed by atoms with Crippen molar-refractivity contribution in [3.05, 3.63) is 70.2 Å². The maximum atomic E-state index is 13.8. The Bertz CT molecular complexity index is 797. The van der Waals surface area contributed by atoms with E-state index in [-0.39, 0.29) is 17.4 Å². The van der Waals surface area contributed by atoms with Crippen LogP contribution in [-0.4, -0.2) is 7.05 Å². The van der Waals surface area contributed by atoms with Gasteiger partial charge in [-0.25, -0.2) is 4.39 Å². The van der Waals surface area contributed by atoms with Gasteiger partial charge in [0.05, 0.1) is 6.04 Å². The largest absolute Gasteiger partial charge is 0.456 e. The van der Waals surface area contributed by atoms with E-state index in [1.165, 1.54) is 6.07 Å². The van der Waals surface area contributed by atoms with E-state index in [2.05, 4.69) is 5.32 Å². The zero-order chi connectivity index (χ0) is 15.0. The lowest BCUT2D eigenvalue weighted by atomic mass is 10.0. The normalized spacial score (nSPS) is 12.8. The van der Waals surface area contributed by atoms with Gasteiger partial charge in [-0.15, -0.1) is 0 Å². The second-order valence-corrected chi connectivity index (χ2v) is 5.44. The zero-order valence-corrected chi connectivity index (χ0v) is 12.5. The number of para-hydroxylation sites is 1. The predicted octanol–water partition coefficient (Wildman–Crippen LogP) is 4.84. The summed E-state index contributed by atoms with van der Waals surface area (Å²) >= 11 is 6.19. The van der Waals surface area contributed by atoms with Crippen LogP contribution in [0, 0.1) is 12.7 Å². The molecule has 0 amide bonds. The van der Waals surface area contributed by atoms with Gasteiger partial charge in [0, 0.05) is 10.4 Å². The molecule has 3 aromatic rings. The minimum Gasteiger partial charge on any atom is -0.456 e. The summed E-state index contributed by atoms with van der Waals surface area (Å²) < 4.78 is 19.4. The van der Waals surface area contributed by atoms with Gasteiger partial charge >= 0.3 is 0 Å². The van der Waals surface area contributed by atoms with Crippen LogP contribution >= 0.6 is 11.6 Å². The third-order valence-electron chi connectivity index (χ3n) is 3.62. The standard InChI is InChI=1S/C17H15ClFNO/c1-10-6-7-11(8-13(10)18)16(20-2)15-9-12-4-3-5-14(19)17(12)21-15/h3-9,16,20H,1-2H3. The number of furan rings is 1. The number of rotatable bonds is 3. The number of hydrogen-bond donors (Lipinski definition) is 1. The highest BCUT2D eigenvalue weighted by molar-refractivity contribution is 6.31. The van der Waals surface area contributed by atoms with E-state index >= 15 is 0 Å². The van der Waals surface area contributed by atoms with Crippen LogP contribution in [0.3, 0.4) is 0 Å². The molecule has 1 aromatic heterocycles. The number of nitrogens with one attached hydrogen (secondary N) is 1. The summed E-state index contributed by atoms with van der Waals surface area (Å²) in [5, 5.41) is 4.64. The SMILES string of the molecule is CNC(c1ccc(C)c(Cl)c1)c1cc2cccc(F)c2o1. The molecular formula is C17H15ClFNO. The molecule has 2 nitrogen and oxygen atoms in total. The number of aryl methyl sites for hydroxylation is 1. The van der Waals surface area contributed by atoms with Crippen molar-refractivity contribution in [1.29, 1.82) is 0 Å². The Kier molecular flexibility index (Phi) is 3.70. The van der Waals surface area contributed by atoms with Crippen LogP contribution < -0.4 is 5.32 Å². The van der Waals surface area contributed by atoms with Crippen molar-refractivity contribution in [2.75, 3.05) is 7.05 Å². The van der Waals surface area contributed by atoms with E-state index in [0.29, 0.717) is 10.8 Å². The molecular weight excluding hydrogens is 289 g/mol. The number of benzene rings is 2. The highest BCUT2D eigenvalue weighted by Crippen LogP contribution is 2.31. The van der Waals surface area contributed by atoms with Crippen molar-refractivity contribution in [2.24, 2.45) is 0 Å². The van der Waals surface area contributed by atoms with Gasteiger partial charge < -0.3 is 9.73 Å². The Balaban J connectivity index is 2.09. The van der Waals surface area contributed by atoms with Crippen molar-refractivity contribution < 1.29 is 8.81 Å². The minimum atomic E-state index is -0.351. The van der Waals surface area contributed by atoms with Crippen LogP contribution in [0.2, 0.25) is 5.02 Å². The predicted molar refractivity (Wildman–Crippen MR) is 83.3 cm³/mol. The fraction of sp³-hybridized carbons (Fsp3) is 0.176. The van der Waals surface area contributed by atoms with Gasteiger partial charge in [-0.1, -0.05) is 35.9 Å². The van der Waals surface area contributed by atoms with Gasteiger partial charge in [0.1, 0.15) is 5.76 Å². The fourth-order valence-corrected chi connectivity index (χ4v) is 2.64. The van der Waals surface area contributed by atoms with Crippen molar-refractivity contribution in [2.45, 2.75) is 13.0 Å². The van der Waals surface area contributed by atoms with E-state index in [9.17, 15) is 4.39 Å². The van der Waals surface area contributed by atoms with E-state index in [4.69, 9.17) is 16.0 Å². The van der Waals surface area contributed by atoms with Gasteiger partial charge in [-0.3, -0.25) is 0 Å². The summed E-state index contributed by atoms with van der Waals surface area (Å²) in [4.78, 5) is 0. The summed E-state index contributed by atoms with van der Waals surface area (Å²) in [5.41, 5.74) is 2.28. The van der Waals surface area contributed by atoms with Crippen molar-refractivity contribution in [3.8, 4) is 0 Å². The highest BCUT2D eigenvalue weighted by Gasteiger charge is 2.18. The van der Waals surface area contributed by atoms with Crippen LogP contribution in [0.4, 0.5) is 4.39 Å². The minimum absolute atomic E-state index is 0.171. The second-order valence-electron chi connectivity index (χ2n) is 5.04. The fourth-order valence-electron chi connectivity index (χ4n) is 2.45. The lowest BCUT2D eigenvalue weighted by molar-refractivity contribution is 0.476. The summed E-state index contributed by atoms with van der Waals surface area (Å²) in [6.07, 6.45) is 0. The zero-order valence-electron chi connectivity index (χ0n) is 11.8. The van der Waals surface area contributed by atoms with Gasteiger partial charge in [0.2, 0.25) is 0 Å². The van der Waals surface area contributed by atoms with Crippen molar-refractivity contribution in [3.63, 3.8) is 0 Å². The van der Waals surface area contributed by atoms with E-state index < -0.39 is 0 Å². The Morgan fingerprint density at radius 2 is 2.00 bits per heavy atom. The van der Waals surface area contributed by atoms with Crippen LogP contribution in [0.15, 0.2) is 46.9 Å². The first-order chi connectivity index (χ1) is 10.1. The molecule has 0 bridgehead atoms. The summed E-state index contributed by atoms with van der Waals surface area (Å²) in [6.45, 7) is 1.96. The van der Waals surface area contributed by atoms with E-state index in [0.717, 1.165) is 16.5 Å². The van der Waals surface area contributed by atoms with Crippen LogP contribution in [0.1, 0.15) is 22.9 Å². The van der Waals surface area contributed by atoms with Crippen molar-refractivity contribution >= 4 is 22.6 Å². The molecule has 0 fully saturated rings. The number of hydrogen-bond acceptors (Lipinski definition) is 2. The van der Waals surface area contributed by atoms with Crippen LogP contribution in [0.5, 0.6) is 0 Å². The molecule has 21 heavy (non-hydrogen) atoms. The second kappa shape index (κ2) is 5.51. The number of fused-ring (bicyclic) bond motifs is 1. The maximum Gasteiger partial charge on any atom is 0.169 e. The van der Waals surface area contributed by atoms with Crippen LogP contribution in [-0.2, 0) is 0 Å². The average Bonchev–Trinajstić information content (AvgIpc) is 2.89. The molecule has 1 unspecified atom stereocenters. The highest BCUT2D eigenvalue weighted by atomic mass is 35.5. The monoisotopic (exact) mass is 303 g/mol. The molecule has 2 aromatic carbocycles. The third-order valence-corrected chi connectivity index (χ3v) is 4.02. The molecule has 108 valence electrons. The van der Waals surface area contributed by atoms with E-state index in [1.54, 1.807) is 6.07 Å². The molecule has 1 heterocycles. The molecule has 3 rings (SSSR count). The van der Waals surface area contributed by atoms with Gasteiger partial charge in [0.25, 0.3) is 0 Å². The van der Waals surface area contributed by atoms with Gasteiger partial charge in [-0.2, -0.15) is 0 Å². The average molecular weight is 304 g/mol. The Morgan fingerprint density at radius 1 is 1.19 bits per heavy atom. The third kappa shape index (κ3) is 2.55. The smallest absolute Gasteiger partial charge is 0.169 e. The summed E-state index contributed by atoms with van der Waals surface area (Å²) in [7, 11) is 1.84. The van der Waals surface area contributed by atoms with Crippen molar-refractivity contribution in [1.82, 2.24) is 5.32 Å². The first-order valence-corrected chi connectivity index (χ1v) is 7.09. The first-order valence-electron chi connectivity index (χ1n) is 6.71. The van der Waals surface area contributed by atoms with Gasteiger partial charge in [0.15, 0.2) is 11.4 Å². The molecule has 1 atom stereocenters. The Hall–Kier alpha value is -1.84. The molecule has 0 radical (unpaired) electrons. The maximum absolute atomic E-state index is 13.8. The topological polar surface area (TPSA) is 25.2 Å². The molecule has 0 aliphatic heterocycles. The van der Waals surface area contributed by atoms with Gasteiger partial charge in [-0.05, 0) is 43.3 Å². The Morgan fingerprint density at radius 3 is 2.67 bits per heavy atom. The summed E-state index contributed by atoms with van der Waals surface area (Å²) in [5.74, 6) is 0.313. The molecule has 0 aliphatic rings. The van der Waals surface area contributed by atoms with Crippen LogP contribution in [0.25, 0.3) is 11.0 Å². The molecule has 1 N–H and O–H groups in total.